The van der Waals surface area contributed by atoms with E-state index in [4.69, 9.17) is 0 Å². The molecule has 0 fully saturated rings. The molecule has 0 heterocycles. The van der Waals surface area contributed by atoms with E-state index < -0.39 is 48.4 Å². The molecule has 1 rings (SSSR count). The zero-order valence-electron chi connectivity index (χ0n) is 11.4. The summed E-state index contributed by atoms with van der Waals surface area (Å²) in [6, 6.07) is 7.79. The Kier molecular flexibility index (Phi) is 6.77. The van der Waals surface area contributed by atoms with Crippen molar-refractivity contribution in [1.29, 1.82) is 0 Å². The summed E-state index contributed by atoms with van der Waals surface area (Å²) in [6.07, 6.45) is -7.20. The molecule has 0 spiro atoms. The van der Waals surface area contributed by atoms with Crippen molar-refractivity contribution >= 4 is 16.9 Å². The van der Waals surface area contributed by atoms with Crippen molar-refractivity contribution < 1.29 is 31.1 Å². The molecule has 0 saturated carbocycles. The van der Waals surface area contributed by atoms with Gasteiger partial charge in [-0.05, 0) is 0 Å². The highest BCUT2D eigenvalue weighted by molar-refractivity contribution is 8.14. The lowest BCUT2D eigenvalue weighted by Gasteiger charge is -2.26. The second-order valence-corrected chi connectivity index (χ2v) is 5.66. The summed E-state index contributed by atoms with van der Waals surface area (Å²) in [5, 5.41) is -0.507. The Labute approximate surface area is 128 Å². The summed E-state index contributed by atoms with van der Waals surface area (Å²) >= 11 is 0.496. The lowest BCUT2D eigenvalue weighted by atomic mass is 10.0. The fourth-order valence-corrected chi connectivity index (χ4v) is 2.43. The molecule has 0 radical (unpaired) electrons. The highest BCUT2D eigenvalue weighted by Crippen LogP contribution is 2.41. The van der Waals surface area contributed by atoms with Crippen LogP contribution in [0.15, 0.2) is 30.3 Å². The monoisotopic (exact) mass is 344 g/mol. The Bertz CT molecular complexity index is 477. The molecule has 0 aliphatic carbocycles. The maximum absolute atomic E-state index is 13.4. The minimum Gasteiger partial charge on any atom is -0.282 e. The Hall–Kier alpha value is -1.18. The van der Waals surface area contributed by atoms with Crippen LogP contribution >= 0.6 is 11.8 Å². The maximum atomic E-state index is 13.4. The van der Waals surface area contributed by atoms with Crippen molar-refractivity contribution in [3.63, 3.8) is 0 Å². The SMILES string of the molecule is O=C(SCCC(F)(F)C(F)(F)CCC(F)F)c1ccccc1. The number of carbonyl (C=O) groups excluding carboxylic acids is 1. The maximum Gasteiger partial charge on any atom is 0.311 e. The number of halogens is 6. The minimum absolute atomic E-state index is 0.278. The molecule has 0 N–H and O–H groups in total. The normalized spacial score (nSPS) is 12.7. The summed E-state index contributed by atoms with van der Waals surface area (Å²) in [4.78, 5) is 11.6. The number of rotatable bonds is 8. The van der Waals surface area contributed by atoms with E-state index in [9.17, 15) is 31.1 Å². The predicted molar refractivity (Wildman–Crippen MR) is 73.0 cm³/mol. The molecule has 0 aromatic heterocycles. The van der Waals surface area contributed by atoms with E-state index in [-0.39, 0.29) is 5.56 Å². The van der Waals surface area contributed by atoms with E-state index in [0.717, 1.165) is 0 Å². The Morgan fingerprint density at radius 2 is 1.55 bits per heavy atom. The lowest BCUT2D eigenvalue weighted by molar-refractivity contribution is -0.215. The largest absolute Gasteiger partial charge is 0.311 e. The van der Waals surface area contributed by atoms with Crippen molar-refractivity contribution in [2.24, 2.45) is 0 Å². The van der Waals surface area contributed by atoms with Crippen LogP contribution in [-0.4, -0.2) is 29.1 Å². The molecule has 1 aromatic carbocycles. The van der Waals surface area contributed by atoms with Crippen LogP contribution in [0.4, 0.5) is 26.3 Å². The topological polar surface area (TPSA) is 17.1 Å². The molecule has 22 heavy (non-hydrogen) atoms. The molecular formula is C14H14F6OS. The quantitative estimate of drug-likeness (QED) is 0.598. The van der Waals surface area contributed by atoms with Crippen LogP contribution in [0.25, 0.3) is 0 Å². The average molecular weight is 344 g/mol. The van der Waals surface area contributed by atoms with Gasteiger partial charge in [-0.2, -0.15) is 17.6 Å². The third kappa shape index (κ3) is 5.55. The van der Waals surface area contributed by atoms with Gasteiger partial charge in [-0.25, -0.2) is 8.78 Å². The van der Waals surface area contributed by atoms with Crippen molar-refractivity contribution in [3.8, 4) is 0 Å². The van der Waals surface area contributed by atoms with Crippen LogP contribution in [0.5, 0.6) is 0 Å². The van der Waals surface area contributed by atoms with Crippen molar-refractivity contribution in [3.05, 3.63) is 35.9 Å². The standard InChI is InChI=1S/C14H14F6OS/c15-11(16)6-7-13(17,18)14(19,20)8-9-22-12(21)10-4-2-1-3-5-10/h1-5,11H,6-9H2. The van der Waals surface area contributed by atoms with E-state index in [1.165, 1.54) is 12.1 Å². The molecule has 1 nitrogen and oxygen atoms in total. The van der Waals surface area contributed by atoms with Crippen LogP contribution in [0.3, 0.4) is 0 Å². The highest BCUT2D eigenvalue weighted by atomic mass is 32.2. The van der Waals surface area contributed by atoms with Gasteiger partial charge in [-0.15, -0.1) is 0 Å². The molecular weight excluding hydrogens is 330 g/mol. The first-order valence-corrected chi connectivity index (χ1v) is 7.40. The van der Waals surface area contributed by atoms with Gasteiger partial charge < -0.3 is 0 Å². The number of hydrogen-bond donors (Lipinski definition) is 0. The fraction of sp³-hybridized carbons (Fsp3) is 0.500. The van der Waals surface area contributed by atoms with Gasteiger partial charge in [0.05, 0.1) is 0 Å². The Morgan fingerprint density at radius 1 is 1.00 bits per heavy atom. The van der Waals surface area contributed by atoms with Crippen LogP contribution in [0.1, 0.15) is 29.6 Å². The minimum atomic E-state index is -4.51. The smallest absolute Gasteiger partial charge is 0.282 e. The van der Waals surface area contributed by atoms with Gasteiger partial charge in [0.1, 0.15) is 0 Å². The van der Waals surface area contributed by atoms with E-state index in [0.29, 0.717) is 11.8 Å². The summed E-state index contributed by atoms with van der Waals surface area (Å²) in [5.74, 6) is -9.46. The third-order valence-corrected chi connectivity index (χ3v) is 3.78. The Balaban J connectivity index is 2.49. The number of thioether (sulfide) groups is 1. The molecule has 0 bridgehead atoms. The van der Waals surface area contributed by atoms with E-state index >= 15 is 0 Å². The molecule has 0 amide bonds. The van der Waals surface area contributed by atoms with Crippen LogP contribution in [-0.2, 0) is 0 Å². The zero-order valence-corrected chi connectivity index (χ0v) is 12.2. The molecule has 0 atom stereocenters. The first-order valence-electron chi connectivity index (χ1n) is 6.42. The zero-order chi connectivity index (χ0) is 16.8. The van der Waals surface area contributed by atoms with Gasteiger partial charge in [0.25, 0.3) is 0 Å². The van der Waals surface area contributed by atoms with E-state index in [2.05, 4.69) is 0 Å². The van der Waals surface area contributed by atoms with Crippen LogP contribution < -0.4 is 0 Å². The first kappa shape index (κ1) is 18.9. The summed E-state index contributed by atoms with van der Waals surface area (Å²) < 4.78 is 77.0. The lowest BCUT2D eigenvalue weighted by Crippen LogP contribution is -2.41. The van der Waals surface area contributed by atoms with Crippen molar-refractivity contribution in [2.45, 2.75) is 37.5 Å². The third-order valence-electron chi connectivity index (χ3n) is 2.87. The molecule has 0 aliphatic heterocycles. The van der Waals surface area contributed by atoms with Gasteiger partial charge in [0.15, 0.2) is 0 Å². The van der Waals surface area contributed by atoms with Gasteiger partial charge in [0.2, 0.25) is 11.5 Å². The summed E-state index contributed by atoms with van der Waals surface area (Å²) in [7, 11) is 0. The first-order chi connectivity index (χ1) is 10.2. The Morgan fingerprint density at radius 3 is 2.09 bits per heavy atom. The highest BCUT2D eigenvalue weighted by Gasteiger charge is 2.55. The number of alkyl halides is 6. The second-order valence-electron chi connectivity index (χ2n) is 4.59. The van der Waals surface area contributed by atoms with Crippen LogP contribution in [0.2, 0.25) is 0 Å². The van der Waals surface area contributed by atoms with Gasteiger partial charge in [-0.1, -0.05) is 42.1 Å². The fourth-order valence-electron chi connectivity index (χ4n) is 1.59. The second kappa shape index (κ2) is 7.89. The number of hydrogen-bond acceptors (Lipinski definition) is 2. The molecule has 8 heteroatoms. The van der Waals surface area contributed by atoms with E-state index in [1.54, 1.807) is 18.2 Å². The molecule has 0 unspecified atom stereocenters. The van der Waals surface area contributed by atoms with Gasteiger partial charge in [-0.3, -0.25) is 4.79 Å². The van der Waals surface area contributed by atoms with Crippen LogP contribution in [0, 0.1) is 0 Å². The molecule has 1 aromatic rings. The molecule has 0 saturated heterocycles. The van der Waals surface area contributed by atoms with Crippen molar-refractivity contribution in [2.75, 3.05) is 5.75 Å². The van der Waals surface area contributed by atoms with Gasteiger partial charge >= 0.3 is 11.8 Å². The summed E-state index contributed by atoms with van der Waals surface area (Å²) in [6.45, 7) is 0. The predicted octanol–water partition coefficient (Wildman–Crippen LogP) is 5.27. The van der Waals surface area contributed by atoms with Crippen molar-refractivity contribution in [1.82, 2.24) is 0 Å². The molecule has 124 valence electrons. The number of benzene rings is 1. The average Bonchev–Trinajstić information content (AvgIpc) is 2.45. The number of carbonyl (C=O) groups is 1. The summed E-state index contributed by atoms with van der Waals surface area (Å²) in [5.41, 5.74) is 0.278. The molecule has 0 aliphatic rings. The van der Waals surface area contributed by atoms with Gasteiger partial charge in [0, 0.05) is 30.6 Å². The van der Waals surface area contributed by atoms with E-state index in [1.807, 2.05) is 0 Å².